The maximum Gasteiger partial charge on any atom is 0.338 e. The summed E-state index contributed by atoms with van der Waals surface area (Å²) in [5.74, 6) is -0.753. The molecule has 3 aromatic rings. The predicted octanol–water partition coefficient (Wildman–Crippen LogP) is 3.73. The van der Waals surface area contributed by atoms with Crippen molar-refractivity contribution in [2.24, 2.45) is 0 Å². The van der Waals surface area contributed by atoms with Crippen LogP contribution in [0.2, 0.25) is 0 Å². The molecule has 0 saturated carbocycles. The number of hydrogen-bond donors (Lipinski definition) is 0. The van der Waals surface area contributed by atoms with Crippen LogP contribution in [0, 0.1) is 13.8 Å². The molecule has 0 fully saturated rings. The van der Waals surface area contributed by atoms with Crippen LogP contribution in [-0.2, 0) is 16.1 Å². The molecular weight excluding hydrogens is 348 g/mol. The fraction of sp³-hybridized carbons (Fsp3) is 0.250. The highest BCUT2D eigenvalue weighted by Crippen LogP contribution is 2.22. The van der Waals surface area contributed by atoms with E-state index >= 15 is 0 Å². The lowest BCUT2D eigenvalue weighted by Gasteiger charge is -2.15. The van der Waals surface area contributed by atoms with Crippen LogP contribution in [0.4, 0.5) is 0 Å². The number of thiazole rings is 1. The number of rotatable bonds is 5. The number of fused-ring (bicyclic) bond motifs is 1. The average Bonchev–Trinajstić information content (AvgIpc) is 3.03. The van der Waals surface area contributed by atoms with E-state index < -0.39 is 5.97 Å². The fourth-order valence-electron chi connectivity index (χ4n) is 2.47. The highest BCUT2D eigenvalue weighted by Gasteiger charge is 2.15. The number of para-hydroxylation sites is 1. The lowest BCUT2D eigenvalue weighted by Crippen LogP contribution is -2.30. The third-order valence-electron chi connectivity index (χ3n) is 4.21. The molecule has 0 bridgehead atoms. The zero-order chi connectivity index (χ0) is 18.7. The quantitative estimate of drug-likeness (QED) is 0.644. The molecule has 5 nitrogen and oxygen atoms in total. The third kappa shape index (κ3) is 4.08. The summed E-state index contributed by atoms with van der Waals surface area (Å²) < 4.78 is 6.24. The second kappa shape index (κ2) is 7.66. The van der Waals surface area contributed by atoms with E-state index in [-0.39, 0.29) is 12.5 Å². The van der Waals surface area contributed by atoms with Gasteiger partial charge in [0.15, 0.2) is 6.61 Å². The van der Waals surface area contributed by atoms with Gasteiger partial charge >= 0.3 is 5.97 Å². The molecule has 0 radical (unpaired) electrons. The Labute approximate surface area is 156 Å². The molecule has 1 heterocycles. The van der Waals surface area contributed by atoms with Crippen LogP contribution in [0.3, 0.4) is 0 Å². The van der Waals surface area contributed by atoms with Crippen LogP contribution in [0.25, 0.3) is 10.2 Å². The molecule has 134 valence electrons. The van der Waals surface area contributed by atoms with Crippen molar-refractivity contribution in [2.45, 2.75) is 20.4 Å². The van der Waals surface area contributed by atoms with Crippen molar-refractivity contribution in [3.05, 3.63) is 64.2 Å². The largest absolute Gasteiger partial charge is 0.452 e. The topological polar surface area (TPSA) is 59.5 Å². The summed E-state index contributed by atoms with van der Waals surface area (Å²) >= 11 is 1.55. The molecule has 0 atom stereocenters. The van der Waals surface area contributed by atoms with Crippen LogP contribution in [-0.4, -0.2) is 35.4 Å². The van der Waals surface area contributed by atoms with E-state index in [1.54, 1.807) is 30.5 Å². The maximum atomic E-state index is 12.2. The smallest absolute Gasteiger partial charge is 0.338 e. The molecule has 0 saturated heterocycles. The monoisotopic (exact) mass is 368 g/mol. The van der Waals surface area contributed by atoms with Crippen LogP contribution in [0.1, 0.15) is 26.5 Å². The Hall–Kier alpha value is -2.73. The standard InChI is InChI=1S/C20H20N2O3S/c1-13-8-9-15(10-14(13)2)20(24)25-12-19(23)22(3)11-18-21-16-6-4-5-7-17(16)26-18/h4-10H,11-12H2,1-3H3. The number of esters is 1. The minimum absolute atomic E-state index is 0.263. The van der Waals surface area contributed by atoms with E-state index in [1.807, 2.05) is 44.2 Å². The Morgan fingerprint density at radius 1 is 1.12 bits per heavy atom. The number of nitrogens with zero attached hydrogens (tertiary/aromatic N) is 2. The first-order chi connectivity index (χ1) is 12.4. The molecule has 0 aliphatic heterocycles. The zero-order valence-corrected chi connectivity index (χ0v) is 15.8. The normalized spacial score (nSPS) is 10.7. The Morgan fingerprint density at radius 3 is 2.62 bits per heavy atom. The molecule has 0 unspecified atom stereocenters. The molecule has 2 aromatic carbocycles. The zero-order valence-electron chi connectivity index (χ0n) is 15.0. The number of carbonyl (C=O) groups is 2. The van der Waals surface area contributed by atoms with E-state index in [0.29, 0.717) is 12.1 Å². The van der Waals surface area contributed by atoms with Gasteiger partial charge < -0.3 is 9.64 Å². The first kappa shape index (κ1) is 18.1. The van der Waals surface area contributed by atoms with Gasteiger partial charge in [-0.2, -0.15) is 0 Å². The van der Waals surface area contributed by atoms with Gasteiger partial charge in [0.05, 0.1) is 22.3 Å². The molecule has 0 spiro atoms. The first-order valence-corrected chi connectivity index (χ1v) is 9.08. The summed E-state index contributed by atoms with van der Waals surface area (Å²) in [6, 6.07) is 13.2. The number of hydrogen-bond acceptors (Lipinski definition) is 5. The van der Waals surface area contributed by atoms with Gasteiger partial charge in [-0.15, -0.1) is 11.3 Å². The fourth-order valence-corrected chi connectivity index (χ4v) is 3.49. The van der Waals surface area contributed by atoms with Crippen molar-refractivity contribution in [1.82, 2.24) is 9.88 Å². The van der Waals surface area contributed by atoms with Crippen molar-refractivity contribution >= 4 is 33.4 Å². The molecule has 0 aliphatic carbocycles. The van der Waals surface area contributed by atoms with Crippen molar-refractivity contribution in [2.75, 3.05) is 13.7 Å². The van der Waals surface area contributed by atoms with E-state index in [0.717, 1.165) is 26.4 Å². The van der Waals surface area contributed by atoms with E-state index in [2.05, 4.69) is 4.98 Å². The highest BCUT2D eigenvalue weighted by atomic mass is 32.1. The van der Waals surface area contributed by atoms with Gasteiger partial charge in [0, 0.05) is 7.05 Å². The summed E-state index contributed by atoms with van der Waals surface area (Å²) in [5, 5.41) is 0.850. The molecule has 1 aromatic heterocycles. The van der Waals surface area contributed by atoms with Gasteiger partial charge in [0.25, 0.3) is 5.91 Å². The molecule has 26 heavy (non-hydrogen) atoms. The molecule has 3 rings (SSSR count). The SMILES string of the molecule is Cc1ccc(C(=O)OCC(=O)N(C)Cc2nc3ccccc3s2)cc1C. The summed E-state index contributed by atoms with van der Waals surface area (Å²) in [7, 11) is 1.68. The minimum Gasteiger partial charge on any atom is -0.452 e. The number of likely N-dealkylation sites (N-methyl/N-ethyl adjacent to an activating group) is 1. The van der Waals surface area contributed by atoms with Gasteiger partial charge in [-0.1, -0.05) is 18.2 Å². The Morgan fingerprint density at radius 2 is 1.88 bits per heavy atom. The van der Waals surface area contributed by atoms with Crippen molar-refractivity contribution < 1.29 is 14.3 Å². The second-order valence-electron chi connectivity index (χ2n) is 6.20. The Bertz CT molecular complexity index is 932. The molecular formula is C20H20N2O3S. The maximum absolute atomic E-state index is 12.2. The van der Waals surface area contributed by atoms with Gasteiger partial charge in [-0.3, -0.25) is 4.79 Å². The van der Waals surface area contributed by atoms with E-state index in [9.17, 15) is 9.59 Å². The summed E-state index contributed by atoms with van der Waals surface area (Å²) in [4.78, 5) is 30.4. The van der Waals surface area contributed by atoms with Crippen molar-refractivity contribution in [1.29, 1.82) is 0 Å². The molecule has 0 aliphatic rings. The van der Waals surface area contributed by atoms with Crippen LogP contribution < -0.4 is 0 Å². The number of ether oxygens (including phenoxy) is 1. The van der Waals surface area contributed by atoms with Gasteiger partial charge in [-0.25, -0.2) is 9.78 Å². The lowest BCUT2D eigenvalue weighted by atomic mass is 10.1. The average molecular weight is 368 g/mol. The van der Waals surface area contributed by atoms with Crippen molar-refractivity contribution in [3.8, 4) is 0 Å². The van der Waals surface area contributed by atoms with Crippen LogP contribution in [0.15, 0.2) is 42.5 Å². The van der Waals surface area contributed by atoms with Gasteiger partial charge in [0.2, 0.25) is 0 Å². The Balaban J connectivity index is 1.56. The molecule has 0 N–H and O–H groups in total. The van der Waals surface area contributed by atoms with Crippen molar-refractivity contribution in [3.63, 3.8) is 0 Å². The number of amides is 1. The Kier molecular flexibility index (Phi) is 5.32. The number of carbonyl (C=O) groups excluding carboxylic acids is 2. The summed E-state index contributed by atoms with van der Waals surface area (Å²) in [5.41, 5.74) is 3.50. The summed E-state index contributed by atoms with van der Waals surface area (Å²) in [6.45, 7) is 4.01. The number of benzene rings is 2. The van der Waals surface area contributed by atoms with Gasteiger partial charge in [-0.05, 0) is 49.2 Å². The lowest BCUT2D eigenvalue weighted by molar-refractivity contribution is -0.133. The number of aromatic nitrogens is 1. The van der Waals surface area contributed by atoms with Gasteiger partial charge in [0.1, 0.15) is 5.01 Å². The number of aryl methyl sites for hydroxylation is 2. The summed E-state index contributed by atoms with van der Waals surface area (Å²) in [6.07, 6.45) is 0. The van der Waals surface area contributed by atoms with E-state index in [1.165, 1.54) is 4.90 Å². The van der Waals surface area contributed by atoms with Crippen LogP contribution >= 0.6 is 11.3 Å². The second-order valence-corrected chi connectivity index (χ2v) is 7.32. The first-order valence-electron chi connectivity index (χ1n) is 8.27. The molecule has 1 amide bonds. The minimum atomic E-state index is -0.491. The highest BCUT2D eigenvalue weighted by molar-refractivity contribution is 7.18. The predicted molar refractivity (Wildman–Crippen MR) is 102 cm³/mol. The third-order valence-corrected chi connectivity index (χ3v) is 5.23. The van der Waals surface area contributed by atoms with Crippen LogP contribution in [0.5, 0.6) is 0 Å². The molecule has 6 heteroatoms. The van der Waals surface area contributed by atoms with E-state index in [4.69, 9.17) is 4.74 Å².